The molecule has 0 spiro atoms. The largest absolute Gasteiger partial charge is 0.348 e. The number of aryl methyl sites for hydroxylation is 1. The molecule has 1 heterocycles. The number of aromatic nitrogens is 2. The lowest BCUT2D eigenvalue weighted by Crippen LogP contribution is -2.23. The number of nitrogens with one attached hydrogen (secondary N) is 1. The third kappa shape index (κ3) is 3.68. The van der Waals surface area contributed by atoms with Crippen molar-refractivity contribution >= 4 is 5.91 Å². The Morgan fingerprint density at radius 3 is 2.60 bits per heavy atom. The Morgan fingerprint density at radius 2 is 2.00 bits per heavy atom. The van der Waals surface area contributed by atoms with E-state index in [4.69, 9.17) is 0 Å². The van der Waals surface area contributed by atoms with Gasteiger partial charge in [-0.25, -0.2) is 0 Å². The second-order valence-corrected chi connectivity index (χ2v) is 5.09. The lowest BCUT2D eigenvalue weighted by atomic mass is 10.1. The third-order valence-electron chi connectivity index (χ3n) is 3.01. The lowest BCUT2D eigenvalue weighted by molar-refractivity contribution is 0.0950. The molecule has 20 heavy (non-hydrogen) atoms. The van der Waals surface area contributed by atoms with Gasteiger partial charge >= 0.3 is 0 Å². The Kier molecular flexibility index (Phi) is 4.53. The molecule has 0 bridgehead atoms. The number of carbonyl (C=O) groups excluding carboxylic acids is 1. The summed E-state index contributed by atoms with van der Waals surface area (Å²) in [5, 5.41) is 6.93. The molecule has 1 aromatic heterocycles. The Morgan fingerprint density at radius 1 is 1.30 bits per heavy atom. The summed E-state index contributed by atoms with van der Waals surface area (Å²) in [7, 11) is 5.86. The second-order valence-electron chi connectivity index (χ2n) is 5.09. The summed E-state index contributed by atoms with van der Waals surface area (Å²) in [6.07, 6.45) is 3.28. The van der Waals surface area contributed by atoms with E-state index in [1.54, 1.807) is 24.1 Å². The smallest absolute Gasteiger partial charge is 0.254 e. The van der Waals surface area contributed by atoms with Crippen LogP contribution in [0.4, 0.5) is 0 Å². The molecule has 1 amide bonds. The monoisotopic (exact) mass is 272 g/mol. The molecule has 0 saturated carbocycles. The fourth-order valence-corrected chi connectivity index (χ4v) is 2.04. The van der Waals surface area contributed by atoms with Crippen LogP contribution in [0, 0.1) is 0 Å². The molecular formula is C15H20N4O. The van der Waals surface area contributed by atoms with E-state index in [-0.39, 0.29) is 5.91 Å². The van der Waals surface area contributed by atoms with Crippen molar-refractivity contribution in [1.29, 1.82) is 0 Å². The van der Waals surface area contributed by atoms with Crippen molar-refractivity contribution < 1.29 is 4.79 Å². The van der Waals surface area contributed by atoms with Crippen molar-refractivity contribution in [3.63, 3.8) is 0 Å². The number of carbonyl (C=O) groups is 1. The molecule has 0 atom stereocenters. The zero-order valence-electron chi connectivity index (χ0n) is 12.1. The van der Waals surface area contributed by atoms with E-state index in [9.17, 15) is 4.79 Å². The first-order chi connectivity index (χ1) is 9.56. The minimum atomic E-state index is -0.0993. The number of hydrogen-bond acceptors (Lipinski definition) is 3. The molecule has 5 nitrogen and oxygen atoms in total. The van der Waals surface area contributed by atoms with Gasteiger partial charge in [-0.05, 0) is 25.2 Å². The Hall–Kier alpha value is -2.14. The Balaban J connectivity index is 2.02. The van der Waals surface area contributed by atoms with Gasteiger partial charge in [0.2, 0.25) is 0 Å². The average Bonchev–Trinajstić information content (AvgIpc) is 2.83. The number of amides is 1. The summed E-state index contributed by atoms with van der Waals surface area (Å²) >= 11 is 0. The van der Waals surface area contributed by atoms with E-state index in [1.807, 2.05) is 32.3 Å². The highest BCUT2D eigenvalue weighted by molar-refractivity contribution is 5.93. The molecule has 0 fully saturated rings. The van der Waals surface area contributed by atoms with Gasteiger partial charge in [-0.3, -0.25) is 9.48 Å². The zero-order chi connectivity index (χ0) is 14.5. The highest BCUT2D eigenvalue weighted by Gasteiger charge is 2.09. The molecular weight excluding hydrogens is 252 g/mol. The van der Waals surface area contributed by atoms with Crippen molar-refractivity contribution in [2.45, 2.75) is 13.1 Å². The summed E-state index contributed by atoms with van der Waals surface area (Å²) in [4.78, 5) is 14.1. The summed E-state index contributed by atoms with van der Waals surface area (Å²) in [5.41, 5.74) is 2.94. The number of rotatable bonds is 5. The molecule has 0 saturated heterocycles. The molecule has 0 aliphatic heterocycles. The average molecular weight is 272 g/mol. The maximum atomic E-state index is 12.0. The van der Waals surface area contributed by atoms with Crippen molar-refractivity contribution in [1.82, 2.24) is 20.0 Å². The van der Waals surface area contributed by atoms with Gasteiger partial charge in [-0.2, -0.15) is 5.10 Å². The SMILES string of the molecule is CN(C)Cc1ccccc1CNC(=O)c1cnn(C)c1. The van der Waals surface area contributed by atoms with E-state index in [1.165, 1.54) is 5.56 Å². The van der Waals surface area contributed by atoms with Crippen LogP contribution >= 0.6 is 0 Å². The second kappa shape index (κ2) is 6.34. The molecule has 0 radical (unpaired) electrons. The molecule has 1 N–H and O–H groups in total. The highest BCUT2D eigenvalue weighted by Crippen LogP contribution is 2.10. The number of benzene rings is 1. The summed E-state index contributed by atoms with van der Waals surface area (Å²) in [6, 6.07) is 8.14. The highest BCUT2D eigenvalue weighted by atomic mass is 16.1. The quantitative estimate of drug-likeness (QED) is 0.895. The van der Waals surface area contributed by atoms with Crippen LogP contribution in [0.5, 0.6) is 0 Å². The van der Waals surface area contributed by atoms with Crippen LogP contribution in [0.2, 0.25) is 0 Å². The van der Waals surface area contributed by atoms with Crippen molar-refractivity contribution in [2.75, 3.05) is 14.1 Å². The third-order valence-corrected chi connectivity index (χ3v) is 3.01. The first kappa shape index (κ1) is 14.3. The van der Waals surface area contributed by atoms with Gasteiger partial charge < -0.3 is 10.2 Å². The maximum absolute atomic E-state index is 12.0. The predicted octanol–water partition coefficient (Wildman–Crippen LogP) is 1.41. The van der Waals surface area contributed by atoms with Crippen LogP contribution in [-0.2, 0) is 20.1 Å². The van der Waals surface area contributed by atoms with Gasteiger partial charge in [-0.1, -0.05) is 24.3 Å². The van der Waals surface area contributed by atoms with E-state index in [2.05, 4.69) is 21.4 Å². The maximum Gasteiger partial charge on any atom is 0.254 e. The summed E-state index contributed by atoms with van der Waals surface area (Å²) < 4.78 is 1.62. The summed E-state index contributed by atoms with van der Waals surface area (Å²) in [6.45, 7) is 1.39. The molecule has 2 rings (SSSR count). The number of nitrogens with zero attached hydrogens (tertiary/aromatic N) is 3. The van der Waals surface area contributed by atoms with Crippen molar-refractivity contribution in [2.24, 2.45) is 7.05 Å². The van der Waals surface area contributed by atoms with Crippen LogP contribution in [0.1, 0.15) is 21.5 Å². The lowest BCUT2D eigenvalue weighted by Gasteiger charge is -2.14. The van der Waals surface area contributed by atoms with Crippen molar-refractivity contribution in [3.05, 3.63) is 53.3 Å². The molecule has 2 aromatic rings. The fourth-order valence-electron chi connectivity index (χ4n) is 2.04. The van der Waals surface area contributed by atoms with E-state index >= 15 is 0 Å². The van der Waals surface area contributed by atoms with Gasteiger partial charge in [-0.15, -0.1) is 0 Å². The molecule has 0 aliphatic rings. The molecule has 0 aliphatic carbocycles. The minimum absolute atomic E-state index is 0.0993. The standard InChI is InChI=1S/C15H20N4O/c1-18(2)10-13-7-5-4-6-12(13)8-16-15(20)14-9-17-19(3)11-14/h4-7,9,11H,8,10H2,1-3H3,(H,16,20). The first-order valence-corrected chi connectivity index (χ1v) is 6.54. The van der Waals surface area contributed by atoms with E-state index < -0.39 is 0 Å². The van der Waals surface area contributed by atoms with Gasteiger partial charge in [0.1, 0.15) is 0 Å². The van der Waals surface area contributed by atoms with Gasteiger partial charge in [0.25, 0.3) is 5.91 Å². The predicted molar refractivity (Wildman–Crippen MR) is 78.2 cm³/mol. The molecule has 1 aromatic carbocycles. The van der Waals surface area contributed by atoms with Crippen LogP contribution in [-0.4, -0.2) is 34.7 Å². The van der Waals surface area contributed by atoms with Gasteiger partial charge in [0.15, 0.2) is 0 Å². The first-order valence-electron chi connectivity index (χ1n) is 6.54. The van der Waals surface area contributed by atoms with E-state index in [0.29, 0.717) is 12.1 Å². The fraction of sp³-hybridized carbons (Fsp3) is 0.333. The number of hydrogen-bond donors (Lipinski definition) is 1. The van der Waals surface area contributed by atoms with Crippen LogP contribution in [0.15, 0.2) is 36.7 Å². The van der Waals surface area contributed by atoms with Crippen LogP contribution < -0.4 is 5.32 Å². The zero-order valence-corrected chi connectivity index (χ0v) is 12.1. The van der Waals surface area contributed by atoms with Crippen LogP contribution in [0.3, 0.4) is 0 Å². The van der Waals surface area contributed by atoms with Crippen LogP contribution in [0.25, 0.3) is 0 Å². The normalized spacial score (nSPS) is 10.8. The Bertz CT molecular complexity index is 589. The van der Waals surface area contributed by atoms with E-state index in [0.717, 1.165) is 12.1 Å². The van der Waals surface area contributed by atoms with Crippen molar-refractivity contribution in [3.8, 4) is 0 Å². The Labute approximate surface area is 119 Å². The van der Waals surface area contributed by atoms with Gasteiger partial charge in [0, 0.05) is 26.3 Å². The molecule has 0 unspecified atom stereocenters. The van der Waals surface area contributed by atoms with Gasteiger partial charge in [0.05, 0.1) is 11.8 Å². The minimum Gasteiger partial charge on any atom is -0.348 e. The summed E-state index contributed by atoms with van der Waals surface area (Å²) in [5.74, 6) is -0.0993. The molecule has 5 heteroatoms. The topological polar surface area (TPSA) is 50.2 Å². The molecule has 106 valence electrons.